The minimum atomic E-state index is -0.522. The Labute approximate surface area is 166 Å². The van der Waals surface area contributed by atoms with Crippen molar-refractivity contribution in [3.63, 3.8) is 0 Å². The van der Waals surface area contributed by atoms with Crippen molar-refractivity contribution in [3.8, 4) is 0 Å². The highest BCUT2D eigenvalue weighted by Gasteiger charge is 2.17. The van der Waals surface area contributed by atoms with Crippen molar-refractivity contribution in [3.05, 3.63) is 33.4 Å². The zero-order valence-corrected chi connectivity index (χ0v) is 17.6. The maximum absolute atomic E-state index is 12.9. The van der Waals surface area contributed by atoms with Crippen LogP contribution < -0.4 is 16.2 Å². The summed E-state index contributed by atoms with van der Waals surface area (Å²) in [6.07, 6.45) is 2.39. The monoisotopic (exact) mass is 408 g/mol. The molecule has 0 fully saturated rings. The Hall–Kier alpha value is -2.13. The molecule has 0 radical (unpaired) electrons. The average Bonchev–Trinajstić information content (AvgIpc) is 2.90. The minimum absolute atomic E-state index is 0.0161. The first-order valence-electron chi connectivity index (χ1n) is 8.63. The third kappa shape index (κ3) is 4.98. The molecule has 0 saturated heterocycles. The number of nitrogens with one attached hydrogen (secondary N) is 2. The summed E-state index contributed by atoms with van der Waals surface area (Å²) < 4.78 is 1.51. The molecule has 27 heavy (non-hydrogen) atoms. The van der Waals surface area contributed by atoms with E-state index in [1.807, 2.05) is 27.7 Å². The Kier molecular flexibility index (Phi) is 7.20. The fraction of sp³-hybridized carbons (Fsp3) is 0.444. The van der Waals surface area contributed by atoms with Crippen molar-refractivity contribution in [2.75, 3.05) is 5.75 Å². The maximum atomic E-state index is 12.9. The summed E-state index contributed by atoms with van der Waals surface area (Å²) in [5.74, 6) is -0.467. The van der Waals surface area contributed by atoms with Gasteiger partial charge in [0.05, 0.1) is 11.1 Å². The second-order valence-electron chi connectivity index (χ2n) is 6.18. The summed E-state index contributed by atoms with van der Waals surface area (Å²) in [5, 5.41) is 6.01. The summed E-state index contributed by atoms with van der Waals surface area (Å²) in [6, 6.07) is -0.538. The Morgan fingerprint density at radius 3 is 2.74 bits per heavy atom. The number of thioether (sulfide) groups is 1. The number of fused-ring (bicyclic) bond motifs is 1. The summed E-state index contributed by atoms with van der Waals surface area (Å²) in [6.45, 7) is 11.7. The second kappa shape index (κ2) is 9.18. The Balaban J connectivity index is 2.19. The third-order valence-electron chi connectivity index (χ3n) is 4.14. The standard InChI is InChI=1S/C18H24N4O3S2/c1-6-8-22-16(24)14-11(4)12(5)27-15(14)21-18(22)26-9-13(23)20-17(25)19-10(3)7-2/h6,10H,1,7-9H2,2-5H3,(H2,19,20,23,25)/t10-/m1/s1. The van der Waals surface area contributed by atoms with Crippen LogP contribution in [0.3, 0.4) is 0 Å². The van der Waals surface area contributed by atoms with Gasteiger partial charge in [-0.1, -0.05) is 24.8 Å². The smallest absolute Gasteiger partial charge is 0.321 e. The molecule has 0 aromatic carbocycles. The van der Waals surface area contributed by atoms with Gasteiger partial charge in [-0.15, -0.1) is 17.9 Å². The van der Waals surface area contributed by atoms with E-state index in [9.17, 15) is 14.4 Å². The quantitative estimate of drug-likeness (QED) is 0.417. The van der Waals surface area contributed by atoms with E-state index in [0.717, 1.165) is 28.6 Å². The molecule has 2 rings (SSSR count). The van der Waals surface area contributed by atoms with E-state index >= 15 is 0 Å². The summed E-state index contributed by atoms with van der Waals surface area (Å²) >= 11 is 2.58. The number of aromatic nitrogens is 2. The fourth-order valence-electron chi connectivity index (χ4n) is 2.36. The number of carbonyl (C=O) groups is 2. The molecular formula is C18H24N4O3S2. The highest BCUT2D eigenvalue weighted by molar-refractivity contribution is 7.99. The number of hydrogen-bond donors (Lipinski definition) is 2. The summed E-state index contributed by atoms with van der Waals surface area (Å²) in [5.41, 5.74) is 0.792. The number of amides is 3. The maximum Gasteiger partial charge on any atom is 0.321 e. The molecule has 7 nitrogen and oxygen atoms in total. The van der Waals surface area contributed by atoms with Gasteiger partial charge in [-0.3, -0.25) is 19.5 Å². The van der Waals surface area contributed by atoms with Gasteiger partial charge in [0.15, 0.2) is 5.16 Å². The van der Waals surface area contributed by atoms with Gasteiger partial charge in [0.25, 0.3) is 5.56 Å². The number of nitrogens with zero attached hydrogens (tertiary/aromatic N) is 2. The van der Waals surface area contributed by atoms with Crippen LogP contribution in [0.5, 0.6) is 0 Å². The molecule has 0 spiro atoms. The van der Waals surface area contributed by atoms with Gasteiger partial charge in [0.2, 0.25) is 5.91 Å². The molecule has 2 heterocycles. The van der Waals surface area contributed by atoms with Gasteiger partial charge in [0, 0.05) is 17.5 Å². The van der Waals surface area contributed by atoms with E-state index < -0.39 is 11.9 Å². The number of thiophene rings is 1. The van der Waals surface area contributed by atoms with E-state index in [4.69, 9.17) is 0 Å². The first kappa shape index (κ1) is 21.2. The number of aryl methyl sites for hydroxylation is 2. The Morgan fingerprint density at radius 1 is 1.41 bits per heavy atom. The van der Waals surface area contributed by atoms with E-state index in [2.05, 4.69) is 22.2 Å². The number of carbonyl (C=O) groups excluding carboxylic acids is 2. The Bertz CT molecular complexity index is 933. The molecule has 0 unspecified atom stereocenters. The van der Waals surface area contributed by atoms with Crippen molar-refractivity contribution in [2.24, 2.45) is 0 Å². The third-order valence-corrected chi connectivity index (χ3v) is 6.22. The van der Waals surface area contributed by atoms with E-state index in [1.54, 1.807) is 6.08 Å². The largest absolute Gasteiger partial charge is 0.335 e. The summed E-state index contributed by atoms with van der Waals surface area (Å²) in [7, 11) is 0. The predicted molar refractivity (Wildman–Crippen MR) is 111 cm³/mol. The van der Waals surface area contributed by atoms with Crippen LogP contribution in [0.2, 0.25) is 0 Å². The molecule has 0 bridgehead atoms. The van der Waals surface area contributed by atoms with Gasteiger partial charge in [-0.05, 0) is 32.8 Å². The number of urea groups is 1. The molecule has 2 aromatic heterocycles. The zero-order chi connectivity index (χ0) is 20.1. The van der Waals surface area contributed by atoms with E-state index in [1.165, 1.54) is 15.9 Å². The predicted octanol–water partition coefficient (Wildman–Crippen LogP) is 2.98. The first-order valence-corrected chi connectivity index (χ1v) is 10.4. The van der Waals surface area contributed by atoms with Gasteiger partial charge in [-0.25, -0.2) is 9.78 Å². The minimum Gasteiger partial charge on any atom is -0.335 e. The van der Waals surface area contributed by atoms with E-state index in [0.29, 0.717) is 21.9 Å². The van der Waals surface area contributed by atoms with Crippen LogP contribution in [0.1, 0.15) is 30.7 Å². The molecule has 0 saturated carbocycles. The lowest BCUT2D eigenvalue weighted by Gasteiger charge is -2.12. The normalized spacial score (nSPS) is 12.0. The van der Waals surface area contributed by atoms with Crippen molar-refractivity contribution in [2.45, 2.75) is 51.9 Å². The lowest BCUT2D eigenvalue weighted by Crippen LogP contribution is -2.44. The van der Waals surface area contributed by atoms with Crippen molar-refractivity contribution < 1.29 is 9.59 Å². The number of hydrogen-bond acceptors (Lipinski definition) is 6. The lowest BCUT2D eigenvalue weighted by atomic mass is 10.2. The van der Waals surface area contributed by atoms with Crippen molar-refractivity contribution >= 4 is 45.3 Å². The molecule has 0 aliphatic carbocycles. The van der Waals surface area contributed by atoms with Crippen LogP contribution in [0.15, 0.2) is 22.6 Å². The molecule has 1 atom stereocenters. The van der Waals surface area contributed by atoms with Crippen LogP contribution in [-0.2, 0) is 11.3 Å². The van der Waals surface area contributed by atoms with Gasteiger partial charge < -0.3 is 5.32 Å². The van der Waals surface area contributed by atoms with Gasteiger partial charge >= 0.3 is 6.03 Å². The second-order valence-corrected chi connectivity index (χ2v) is 8.33. The Morgan fingerprint density at radius 2 is 2.11 bits per heavy atom. The molecule has 0 aliphatic rings. The van der Waals surface area contributed by atoms with Crippen LogP contribution in [0, 0.1) is 13.8 Å². The van der Waals surface area contributed by atoms with Crippen LogP contribution in [-0.4, -0.2) is 33.3 Å². The van der Waals surface area contributed by atoms with Crippen LogP contribution in [0.4, 0.5) is 4.79 Å². The molecule has 146 valence electrons. The molecule has 2 aromatic rings. The van der Waals surface area contributed by atoms with Crippen LogP contribution >= 0.6 is 23.1 Å². The van der Waals surface area contributed by atoms with Gasteiger partial charge in [0.1, 0.15) is 4.83 Å². The number of allylic oxidation sites excluding steroid dienone is 1. The topological polar surface area (TPSA) is 93.1 Å². The van der Waals surface area contributed by atoms with Crippen LogP contribution in [0.25, 0.3) is 10.2 Å². The molecule has 2 N–H and O–H groups in total. The first-order chi connectivity index (χ1) is 12.8. The van der Waals surface area contributed by atoms with E-state index in [-0.39, 0.29) is 17.4 Å². The lowest BCUT2D eigenvalue weighted by molar-refractivity contribution is -0.117. The van der Waals surface area contributed by atoms with Crippen molar-refractivity contribution in [1.29, 1.82) is 0 Å². The van der Waals surface area contributed by atoms with Crippen molar-refractivity contribution in [1.82, 2.24) is 20.2 Å². The summed E-state index contributed by atoms with van der Waals surface area (Å²) in [4.78, 5) is 42.9. The number of rotatable bonds is 7. The molecular weight excluding hydrogens is 384 g/mol. The molecule has 9 heteroatoms. The highest BCUT2D eigenvalue weighted by atomic mass is 32.2. The number of imide groups is 1. The molecule has 0 aliphatic heterocycles. The fourth-order valence-corrected chi connectivity index (χ4v) is 4.24. The zero-order valence-electron chi connectivity index (χ0n) is 15.9. The SMILES string of the molecule is C=CCn1c(SCC(=O)NC(=O)N[C@H](C)CC)nc2sc(C)c(C)c2c1=O. The average molecular weight is 409 g/mol. The molecule has 3 amide bonds. The van der Waals surface area contributed by atoms with Gasteiger partial charge in [-0.2, -0.15) is 0 Å². The highest BCUT2D eigenvalue weighted by Crippen LogP contribution is 2.28.